The zero-order chi connectivity index (χ0) is 29.3. The molecule has 10 nitrogen and oxygen atoms in total. The van der Waals surface area contributed by atoms with E-state index in [1.165, 1.54) is 24.7 Å². The van der Waals surface area contributed by atoms with Gasteiger partial charge in [-0.2, -0.15) is 18.2 Å². The zero-order valence-electron chi connectivity index (χ0n) is 21.9. The van der Waals surface area contributed by atoms with Gasteiger partial charge in [0.05, 0.1) is 11.8 Å². The number of likely N-dealkylation sites (tertiary alicyclic amines) is 1. The normalized spacial score (nSPS) is 16.4. The Balaban J connectivity index is 1.44. The molecular weight excluding hydrogens is 584 g/mol. The van der Waals surface area contributed by atoms with Crippen LogP contribution in [0.1, 0.15) is 24.1 Å². The van der Waals surface area contributed by atoms with E-state index in [1.54, 1.807) is 11.6 Å². The number of aryl methyl sites for hydroxylation is 1. The van der Waals surface area contributed by atoms with Crippen molar-refractivity contribution in [1.29, 1.82) is 0 Å². The molecule has 41 heavy (non-hydrogen) atoms. The minimum Gasteiger partial charge on any atom is -0.492 e. The first-order valence-corrected chi connectivity index (χ1v) is 13.2. The summed E-state index contributed by atoms with van der Waals surface area (Å²) in [5.41, 5.74) is 5.79. The maximum atomic E-state index is 13.7. The first-order valence-electron chi connectivity index (χ1n) is 12.4. The van der Waals surface area contributed by atoms with E-state index >= 15 is 0 Å². The lowest BCUT2D eigenvalue weighted by Crippen LogP contribution is -2.30. The molecule has 0 radical (unpaired) electrons. The number of fused-ring (bicyclic) bond motifs is 1. The van der Waals surface area contributed by atoms with Gasteiger partial charge in [0, 0.05) is 43.4 Å². The van der Waals surface area contributed by atoms with Crippen LogP contribution in [0.3, 0.4) is 0 Å². The van der Waals surface area contributed by atoms with Crippen LogP contribution in [0.5, 0.6) is 11.5 Å². The van der Waals surface area contributed by atoms with Crippen LogP contribution >= 0.6 is 23.2 Å². The van der Waals surface area contributed by atoms with Gasteiger partial charge in [-0.25, -0.2) is 15.0 Å². The first kappa shape index (κ1) is 28.7. The van der Waals surface area contributed by atoms with Crippen molar-refractivity contribution in [1.82, 2.24) is 29.4 Å². The van der Waals surface area contributed by atoms with Gasteiger partial charge in [0.2, 0.25) is 5.95 Å². The molecule has 1 aliphatic heterocycles. The van der Waals surface area contributed by atoms with Crippen molar-refractivity contribution in [3.63, 3.8) is 0 Å². The molecule has 1 aliphatic rings. The molecule has 1 atom stereocenters. The molecule has 216 valence electrons. The van der Waals surface area contributed by atoms with Crippen molar-refractivity contribution in [2.75, 3.05) is 25.5 Å². The Bertz CT molecular complexity index is 1610. The van der Waals surface area contributed by atoms with Crippen molar-refractivity contribution < 1.29 is 22.6 Å². The van der Waals surface area contributed by atoms with E-state index in [9.17, 15) is 13.2 Å². The largest absolute Gasteiger partial charge is 0.492 e. The average Bonchev–Trinajstić information content (AvgIpc) is 3.49. The van der Waals surface area contributed by atoms with Gasteiger partial charge >= 0.3 is 6.18 Å². The summed E-state index contributed by atoms with van der Waals surface area (Å²) in [6.07, 6.45) is 2.70. The Morgan fingerprint density at radius 2 is 1.95 bits per heavy atom. The van der Waals surface area contributed by atoms with Crippen LogP contribution in [0.15, 0.2) is 43.0 Å². The number of hydrogen-bond donors (Lipinski definition) is 2. The van der Waals surface area contributed by atoms with Crippen LogP contribution in [-0.4, -0.2) is 55.6 Å². The molecular formula is C26H25Cl2F3N8O2. The molecule has 0 saturated carbocycles. The topological polar surface area (TPSA) is 116 Å². The molecule has 5 rings (SSSR count). The predicted molar refractivity (Wildman–Crippen MR) is 149 cm³/mol. The fraction of sp³-hybridized carbons (Fsp3) is 0.308. The fourth-order valence-corrected chi connectivity index (χ4v) is 4.99. The number of benzene rings is 1. The maximum Gasteiger partial charge on any atom is 0.416 e. The van der Waals surface area contributed by atoms with Gasteiger partial charge in [0.1, 0.15) is 28.6 Å². The number of nitrogens with two attached hydrogens (primary N) is 1. The number of pyridine rings is 1. The summed E-state index contributed by atoms with van der Waals surface area (Å²) in [4.78, 5) is 18.9. The second-order valence-electron chi connectivity index (χ2n) is 9.39. The summed E-state index contributed by atoms with van der Waals surface area (Å²) >= 11 is 12.8. The van der Waals surface area contributed by atoms with Crippen LogP contribution < -0.4 is 20.5 Å². The van der Waals surface area contributed by atoms with E-state index in [0.717, 1.165) is 37.7 Å². The van der Waals surface area contributed by atoms with Gasteiger partial charge in [-0.15, -0.1) is 0 Å². The Kier molecular flexibility index (Phi) is 8.11. The second kappa shape index (κ2) is 11.6. The van der Waals surface area contributed by atoms with Crippen molar-refractivity contribution in [2.45, 2.75) is 25.1 Å². The lowest BCUT2D eigenvalue weighted by Gasteiger charge is -2.20. The van der Waals surface area contributed by atoms with Crippen LogP contribution in [0.2, 0.25) is 10.2 Å². The average molecular weight is 609 g/mol. The molecule has 15 heteroatoms. The number of aromatic nitrogens is 5. The Morgan fingerprint density at radius 3 is 2.63 bits per heavy atom. The van der Waals surface area contributed by atoms with Gasteiger partial charge in [-0.1, -0.05) is 23.2 Å². The standard InChI is InChI=1S/C26H25Cl2F3N8O2/c1-38-7-3-4-16(38)13-40-17-9-14(26(29,30)31)8-15(10-17)36-25-37-24-22(39(25)2)20(27)19(12-35-24)41-18(11-32)21-23(28)34-6-5-33-21/h5-6,8-12,16H,3-4,7,13,32H2,1-2H3,(H,35,36,37)/t16-/m1/s1. The van der Waals surface area contributed by atoms with Crippen molar-refractivity contribution in [3.05, 3.63) is 64.4 Å². The number of imidazole rings is 1. The molecule has 1 saturated heterocycles. The van der Waals surface area contributed by atoms with Gasteiger partial charge in [-0.05, 0) is 38.6 Å². The third-order valence-electron chi connectivity index (χ3n) is 6.67. The quantitative estimate of drug-likeness (QED) is 0.245. The highest BCUT2D eigenvalue weighted by molar-refractivity contribution is 6.36. The van der Waals surface area contributed by atoms with Crippen LogP contribution in [0.4, 0.5) is 24.8 Å². The summed E-state index contributed by atoms with van der Waals surface area (Å²) < 4.78 is 54.4. The van der Waals surface area contributed by atoms with Crippen LogP contribution in [0, 0.1) is 0 Å². The maximum absolute atomic E-state index is 13.7. The monoisotopic (exact) mass is 608 g/mol. The summed E-state index contributed by atoms with van der Waals surface area (Å²) in [6, 6.07) is 3.62. The highest BCUT2D eigenvalue weighted by Crippen LogP contribution is 2.38. The number of anilines is 2. The smallest absolute Gasteiger partial charge is 0.416 e. The predicted octanol–water partition coefficient (Wildman–Crippen LogP) is 5.64. The number of hydrogen-bond acceptors (Lipinski definition) is 9. The zero-order valence-corrected chi connectivity index (χ0v) is 23.4. The molecule has 3 N–H and O–H groups in total. The summed E-state index contributed by atoms with van der Waals surface area (Å²) in [5.74, 6) is 0.502. The lowest BCUT2D eigenvalue weighted by molar-refractivity contribution is -0.137. The molecule has 4 aromatic rings. The van der Waals surface area contributed by atoms with Gasteiger partial charge in [0.25, 0.3) is 0 Å². The molecule has 1 fully saturated rings. The van der Waals surface area contributed by atoms with Crippen molar-refractivity contribution in [2.24, 2.45) is 12.8 Å². The number of ether oxygens (including phenoxy) is 2. The first-order chi connectivity index (χ1) is 19.5. The van der Waals surface area contributed by atoms with Gasteiger partial charge in [0.15, 0.2) is 22.3 Å². The molecule has 4 heterocycles. The summed E-state index contributed by atoms with van der Waals surface area (Å²) in [6.45, 7) is 1.21. The van der Waals surface area contributed by atoms with E-state index < -0.39 is 11.7 Å². The van der Waals surface area contributed by atoms with Gasteiger partial charge in [-0.3, -0.25) is 0 Å². The van der Waals surface area contributed by atoms with Crippen molar-refractivity contribution >= 4 is 51.8 Å². The Morgan fingerprint density at radius 1 is 1.17 bits per heavy atom. The molecule has 0 bridgehead atoms. The van der Waals surface area contributed by atoms with E-state index in [4.69, 9.17) is 38.4 Å². The Labute approximate surface area is 242 Å². The molecule has 1 aromatic carbocycles. The van der Waals surface area contributed by atoms with E-state index in [0.29, 0.717) is 5.52 Å². The van der Waals surface area contributed by atoms with Crippen LogP contribution in [0.25, 0.3) is 16.9 Å². The lowest BCUT2D eigenvalue weighted by atomic mass is 10.1. The van der Waals surface area contributed by atoms with E-state index in [1.807, 2.05) is 7.05 Å². The molecule has 0 aliphatic carbocycles. The third-order valence-corrected chi connectivity index (χ3v) is 7.31. The number of likely N-dealkylation sites (N-methyl/N-ethyl adjacent to an activating group) is 1. The number of alkyl halides is 3. The SMILES string of the molecule is CN1CCC[C@@H]1COc1cc(Nc2nc3ncc(OC(=CN)c4nccnc4Cl)c(Cl)c3n2C)cc(C(F)(F)F)c1. The van der Waals surface area contributed by atoms with Crippen LogP contribution in [-0.2, 0) is 13.2 Å². The molecule has 0 spiro atoms. The van der Waals surface area contributed by atoms with E-state index in [2.05, 4.69) is 30.2 Å². The molecule has 3 aromatic heterocycles. The number of rotatable bonds is 8. The highest BCUT2D eigenvalue weighted by atomic mass is 35.5. The van der Waals surface area contributed by atoms with E-state index in [-0.39, 0.29) is 63.1 Å². The second-order valence-corrected chi connectivity index (χ2v) is 10.1. The third kappa shape index (κ3) is 6.11. The number of nitrogens with zero attached hydrogens (tertiary/aromatic N) is 6. The minimum atomic E-state index is -4.58. The van der Waals surface area contributed by atoms with Crippen molar-refractivity contribution in [3.8, 4) is 11.5 Å². The fourth-order valence-electron chi connectivity index (χ4n) is 4.49. The highest BCUT2D eigenvalue weighted by Gasteiger charge is 2.32. The Hall–Kier alpha value is -3.81. The molecule has 0 unspecified atom stereocenters. The number of nitrogens with one attached hydrogen (secondary N) is 1. The minimum absolute atomic E-state index is 0.0704. The summed E-state index contributed by atoms with van der Waals surface area (Å²) in [7, 11) is 3.61. The number of halogens is 5. The summed E-state index contributed by atoms with van der Waals surface area (Å²) in [5, 5.41) is 3.14. The molecule has 0 amide bonds. The van der Waals surface area contributed by atoms with Gasteiger partial charge < -0.3 is 30.0 Å².